The summed E-state index contributed by atoms with van der Waals surface area (Å²) in [5.41, 5.74) is -0.419. The van der Waals surface area contributed by atoms with E-state index in [-0.39, 0.29) is 6.61 Å². The predicted molar refractivity (Wildman–Crippen MR) is 65.4 cm³/mol. The van der Waals surface area contributed by atoms with Gasteiger partial charge in [0.25, 0.3) is 0 Å². The summed E-state index contributed by atoms with van der Waals surface area (Å²) in [6, 6.07) is 5.18. The van der Waals surface area contributed by atoms with Crippen molar-refractivity contribution in [1.82, 2.24) is 0 Å². The second kappa shape index (κ2) is 4.82. The van der Waals surface area contributed by atoms with Crippen molar-refractivity contribution in [2.24, 2.45) is 0 Å². The van der Waals surface area contributed by atoms with E-state index < -0.39 is 5.60 Å². The van der Waals surface area contributed by atoms with Gasteiger partial charge in [-0.3, -0.25) is 0 Å². The van der Waals surface area contributed by atoms with Crippen LogP contribution in [-0.2, 0) is 0 Å². The lowest BCUT2D eigenvalue weighted by atomic mass is 10.0. The average molecular weight is 261 g/mol. The number of benzene rings is 1. The summed E-state index contributed by atoms with van der Waals surface area (Å²) in [6.45, 7) is 0.0489. The molecule has 1 fully saturated rings. The maximum atomic E-state index is 9.42. The molecular weight excluding hydrogens is 247 g/mol. The second-order valence-electron chi connectivity index (χ2n) is 4.23. The molecule has 0 radical (unpaired) electrons. The molecule has 0 bridgehead atoms. The summed E-state index contributed by atoms with van der Waals surface area (Å²) >= 11 is 11.7. The highest BCUT2D eigenvalue weighted by Gasteiger charge is 2.35. The highest BCUT2D eigenvalue weighted by atomic mass is 35.5. The van der Waals surface area contributed by atoms with Crippen molar-refractivity contribution in [3.8, 4) is 5.75 Å². The first-order chi connectivity index (χ1) is 7.65. The molecule has 0 saturated heterocycles. The van der Waals surface area contributed by atoms with Gasteiger partial charge in [-0.1, -0.05) is 23.2 Å². The number of aliphatic hydroxyl groups excluding tert-OH is 1. The highest BCUT2D eigenvalue weighted by molar-refractivity contribution is 6.42. The normalized spacial score (nSPS) is 18.7. The lowest BCUT2D eigenvalue weighted by molar-refractivity contribution is 0.0152. The van der Waals surface area contributed by atoms with Gasteiger partial charge in [0, 0.05) is 6.07 Å². The van der Waals surface area contributed by atoms with Gasteiger partial charge in [0.1, 0.15) is 11.4 Å². The van der Waals surface area contributed by atoms with Gasteiger partial charge < -0.3 is 9.84 Å². The Bertz CT molecular complexity index is 373. The van der Waals surface area contributed by atoms with E-state index in [1.165, 1.54) is 0 Å². The van der Waals surface area contributed by atoms with Gasteiger partial charge in [0.05, 0.1) is 16.7 Å². The van der Waals surface area contributed by atoms with Crippen LogP contribution in [0, 0.1) is 0 Å². The van der Waals surface area contributed by atoms with Gasteiger partial charge in [-0.15, -0.1) is 0 Å². The molecule has 0 aliphatic heterocycles. The van der Waals surface area contributed by atoms with E-state index in [1.54, 1.807) is 18.2 Å². The van der Waals surface area contributed by atoms with Gasteiger partial charge >= 0.3 is 0 Å². The summed E-state index contributed by atoms with van der Waals surface area (Å²) in [7, 11) is 0. The Morgan fingerprint density at radius 1 is 1.19 bits per heavy atom. The summed E-state index contributed by atoms with van der Waals surface area (Å²) in [5, 5.41) is 10.4. The third-order valence-electron chi connectivity index (χ3n) is 3.03. The molecule has 0 spiro atoms. The Morgan fingerprint density at radius 2 is 1.88 bits per heavy atom. The molecule has 2 rings (SSSR count). The molecule has 0 atom stereocenters. The predicted octanol–water partition coefficient (Wildman–Crippen LogP) is 3.68. The van der Waals surface area contributed by atoms with Gasteiger partial charge in [0.2, 0.25) is 0 Å². The third kappa shape index (κ3) is 2.45. The molecule has 0 aromatic heterocycles. The van der Waals surface area contributed by atoms with E-state index in [1.807, 2.05) is 0 Å². The fourth-order valence-corrected chi connectivity index (χ4v) is 2.39. The Balaban J connectivity index is 2.16. The van der Waals surface area contributed by atoms with Gasteiger partial charge in [-0.2, -0.15) is 0 Å². The monoisotopic (exact) mass is 260 g/mol. The molecule has 1 saturated carbocycles. The average Bonchev–Trinajstić information content (AvgIpc) is 2.73. The lowest BCUT2D eigenvalue weighted by Gasteiger charge is -2.28. The minimum Gasteiger partial charge on any atom is -0.485 e. The van der Waals surface area contributed by atoms with Gasteiger partial charge in [-0.25, -0.2) is 0 Å². The molecule has 88 valence electrons. The van der Waals surface area contributed by atoms with Crippen LogP contribution in [0.5, 0.6) is 5.75 Å². The standard InChI is InChI=1S/C12H14Cl2O2/c13-10-4-3-9(7-11(10)14)16-12(8-15)5-1-2-6-12/h3-4,7,15H,1-2,5-6,8H2. The van der Waals surface area contributed by atoms with Crippen LogP contribution in [0.15, 0.2) is 18.2 Å². The fraction of sp³-hybridized carbons (Fsp3) is 0.500. The van der Waals surface area contributed by atoms with Gasteiger partial charge in [0.15, 0.2) is 0 Å². The molecule has 16 heavy (non-hydrogen) atoms. The fourth-order valence-electron chi connectivity index (χ4n) is 2.10. The Kier molecular flexibility index (Phi) is 3.63. The first-order valence-electron chi connectivity index (χ1n) is 5.40. The summed E-state index contributed by atoms with van der Waals surface area (Å²) in [4.78, 5) is 0. The smallest absolute Gasteiger partial charge is 0.132 e. The number of ether oxygens (including phenoxy) is 1. The number of rotatable bonds is 3. The number of hydrogen-bond donors (Lipinski definition) is 1. The van der Waals surface area contributed by atoms with Crippen LogP contribution in [0.3, 0.4) is 0 Å². The quantitative estimate of drug-likeness (QED) is 0.899. The van der Waals surface area contributed by atoms with Crippen LogP contribution < -0.4 is 4.74 Å². The topological polar surface area (TPSA) is 29.5 Å². The molecule has 1 aromatic carbocycles. The summed E-state index contributed by atoms with van der Waals surface area (Å²) in [5.74, 6) is 0.672. The maximum absolute atomic E-state index is 9.42. The van der Waals surface area contributed by atoms with E-state index in [4.69, 9.17) is 27.9 Å². The van der Waals surface area contributed by atoms with E-state index in [0.717, 1.165) is 25.7 Å². The van der Waals surface area contributed by atoms with Crippen LogP contribution in [0.25, 0.3) is 0 Å². The molecular formula is C12H14Cl2O2. The van der Waals surface area contributed by atoms with E-state index in [2.05, 4.69) is 0 Å². The molecule has 1 aliphatic rings. The van der Waals surface area contributed by atoms with E-state index in [0.29, 0.717) is 15.8 Å². The molecule has 4 heteroatoms. The summed E-state index contributed by atoms with van der Waals surface area (Å²) in [6.07, 6.45) is 3.98. The van der Waals surface area contributed by atoms with Gasteiger partial charge in [-0.05, 0) is 37.8 Å². The molecule has 0 unspecified atom stereocenters. The zero-order valence-corrected chi connectivity index (χ0v) is 10.4. The minimum atomic E-state index is -0.419. The number of halogens is 2. The molecule has 1 aliphatic carbocycles. The molecule has 1 aromatic rings. The second-order valence-corrected chi connectivity index (χ2v) is 5.04. The number of hydrogen-bond acceptors (Lipinski definition) is 2. The van der Waals surface area contributed by atoms with Crippen molar-refractivity contribution < 1.29 is 9.84 Å². The number of aliphatic hydroxyl groups is 1. The molecule has 1 N–H and O–H groups in total. The van der Waals surface area contributed by atoms with Crippen molar-refractivity contribution in [2.75, 3.05) is 6.61 Å². The van der Waals surface area contributed by atoms with Crippen LogP contribution in [0.1, 0.15) is 25.7 Å². The Morgan fingerprint density at radius 3 is 2.44 bits per heavy atom. The van der Waals surface area contributed by atoms with Crippen LogP contribution in [-0.4, -0.2) is 17.3 Å². The first-order valence-corrected chi connectivity index (χ1v) is 6.16. The third-order valence-corrected chi connectivity index (χ3v) is 3.77. The highest BCUT2D eigenvalue weighted by Crippen LogP contribution is 2.35. The molecule has 0 heterocycles. The lowest BCUT2D eigenvalue weighted by Crippen LogP contribution is -2.36. The Hall–Kier alpha value is -0.440. The van der Waals surface area contributed by atoms with Crippen molar-refractivity contribution in [2.45, 2.75) is 31.3 Å². The van der Waals surface area contributed by atoms with Crippen molar-refractivity contribution in [3.63, 3.8) is 0 Å². The minimum absolute atomic E-state index is 0.0489. The van der Waals surface area contributed by atoms with E-state index in [9.17, 15) is 5.11 Å². The van der Waals surface area contributed by atoms with Crippen LogP contribution in [0.4, 0.5) is 0 Å². The molecule has 0 amide bonds. The largest absolute Gasteiger partial charge is 0.485 e. The molecule has 2 nitrogen and oxygen atoms in total. The summed E-state index contributed by atoms with van der Waals surface area (Å²) < 4.78 is 5.85. The van der Waals surface area contributed by atoms with Crippen LogP contribution >= 0.6 is 23.2 Å². The SMILES string of the molecule is OCC1(Oc2ccc(Cl)c(Cl)c2)CCCC1. The van der Waals surface area contributed by atoms with Crippen molar-refractivity contribution in [3.05, 3.63) is 28.2 Å². The van der Waals surface area contributed by atoms with Crippen molar-refractivity contribution >= 4 is 23.2 Å². The van der Waals surface area contributed by atoms with E-state index >= 15 is 0 Å². The van der Waals surface area contributed by atoms with Crippen LogP contribution in [0.2, 0.25) is 10.0 Å². The zero-order valence-electron chi connectivity index (χ0n) is 8.88. The Labute approximate surface area is 105 Å². The first kappa shape index (κ1) is 12.0. The maximum Gasteiger partial charge on any atom is 0.132 e. The van der Waals surface area contributed by atoms with Crippen molar-refractivity contribution in [1.29, 1.82) is 0 Å². The zero-order chi connectivity index (χ0) is 11.6.